The minimum atomic E-state index is -0.369. The van der Waals surface area contributed by atoms with Gasteiger partial charge in [0.25, 0.3) is 0 Å². The molecule has 3 rings (SSSR count). The summed E-state index contributed by atoms with van der Waals surface area (Å²) in [5.74, 6) is -0.105. The van der Waals surface area contributed by atoms with E-state index in [1.165, 1.54) is 11.3 Å². The summed E-state index contributed by atoms with van der Waals surface area (Å²) in [7, 11) is 0. The highest BCUT2D eigenvalue weighted by Gasteiger charge is 2.25. The molecule has 0 aliphatic carbocycles. The second-order valence-electron chi connectivity index (χ2n) is 4.64. The number of aromatic nitrogens is 1. The van der Waals surface area contributed by atoms with Crippen LogP contribution in [0, 0.1) is 6.92 Å². The van der Waals surface area contributed by atoms with Crippen LogP contribution in [0.5, 0.6) is 5.75 Å². The Labute approximate surface area is 125 Å². The number of nitrogens with zero attached hydrogens (tertiary/aromatic N) is 2. The summed E-state index contributed by atoms with van der Waals surface area (Å²) in [6.07, 6.45) is 0. The van der Waals surface area contributed by atoms with Crippen LogP contribution in [0.25, 0.3) is 0 Å². The van der Waals surface area contributed by atoms with Gasteiger partial charge in [0, 0.05) is 5.38 Å². The molecule has 1 aromatic heterocycles. The van der Waals surface area contributed by atoms with Crippen molar-refractivity contribution in [2.75, 3.05) is 23.3 Å². The molecule has 0 radical (unpaired) electrons. The van der Waals surface area contributed by atoms with Crippen LogP contribution in [-0.4, -0.2) is 29.9 Å². The first-order valence-corrected chi connectivity index (χ1v) is 7.26. The van der Waals surface area contributed by atoms with Gasteiger partial charge in [0.1, 0.15) is 6.54 Å². The number of nitrogens with one attached hydrogen (secondary N) is 1. The van der Waals surface area contributed by atoms with Gasteiger partial charge in [-0.15, -0.1) is 11.3 Å². The maximum absolute atomic E-state index is 12.1. The Bertz CT molecular complexity index is 698. The second-order valence-corrected chi connectivity index (χ2v) is 5.50. The zero-order valence-electron chi connectivity index (χ0n) is 11.3. The molecule has 108 valence electrons. The molecular formula is C14H13N3O3S. The summed E-state index contributed by atoms with van der Waals surface area (Å²) in [6, 6.07) is 7.16. The fraction of sp³-hybridized carbons (Fsp3) is 0.214. The van der Waals surface area contributed by atoms with E-state index >= 15 is 0 Å². The number of aryl methyl sites for hydroxylation is 1. The lowest BCUT2D eigenvalue weighted by Crippen LogP contribution is -2.41. The Morgan fingerprint density at radius 1 is 1.48 bits per heavy atom. The topological polar surface area (TPSA) is 71.5 Å². The molecule has 2 heterocycles. The molecule has 0 fully saturated rings. The first-order chi connectivity index (χ1) is 10.1. The number of hydrogen-bond acceptors (Lipinski definition) is 6. The van der Waals surface area contributed by atoms with E-state index in [2.05, 4.69) is 10.3 Å². The highest BCUT2D eigenvalue weighted by Crippen LogP contribution is 2.31. The molecule has 1 N–H and O–H groups in total. The van der Waals surface area contributed by atoms with Crippen molar-refractivity contribution in [3.05, 3.63) is 35.3 Å². The molecule has 1 aromatic carbocycles. The molecule has 0 atom stereocenters. The van der Waals surface area contributed by atoms with E-state index < -0.39 is 0 Å². The number of thiazole rings is 1. The van der Waals surface area contributed by atoms with Gasteiger partial charge < -0.3 is 15.0 Å². The van der Waals surface area contributed by atoms with Crippen LogP contribution in [0.4, 0.5) is 10.8 Å². The quantitative estimate of drug-likeness (QED) is 0.691. The number of fused-ring (bicyclic) bond motifs is 1. The van der Waals surface area contributed by atoms with Crippen molar-refractivity contribution in [3.63, 3.8) is 0 Å². The number of hydrogen-bond donors (Lipinski definition) is 1. The number of rotatable bonds is 3. The van der Waals surface area contributed by atoms with Crippen LogP contribution in [0.2, 0.25) is 0 Å². The number of amides is 1. The Morgan fingerprint density at radius 2 is 2.29 bits per heavy atom. The summed E-state index contributed by atoms with van der Waals surface area (Å²) in [5.41, 5.74) is 1.60. The van der Waals surface area contributed by atoms with Gasteiger partial charge in [-0.25, -0.2) is 9.78 Å². The fourth-order valence-corrected chi connectivity index (χ4v) is 2.79. The molecule has 2 aromatic rings. The van der Waals surface area contributed by atoms with Crippen molar-refractivity contribution >= 4 is 34.0 Å². The summed E-state index contributed by atoms with van der Waals surface area (Å²) < 4.78 is 5.14. The third kappa shape index (κ3) is 3.03. The number of benzene rings is 1. The molecule has 0 saturated carbocycles. The molecule has 1 aliphatic heterocycles. The minimum absolute atomic E-state index is 0.0569. The van der Waals surface area contributed by atoms with Gasteiger partial charge in [0.15, 0.2) is 10.9 Å². The molecule has 0 spiro atoms. The number of carbonyl (C=O) groups excluding carboxylic acids is 2. The van der Waals surface area contributed by atoms with Crippen molar-refractivity contribution < 1.29 is 14.3 Å². The number of esters is 1. The summed E-state index contributed by atoms with van der Waals surface area (Å²) in [4.78, 5) is 29.5. The van der Waals surface area contributed by atoms with Gasteiger partial charge in [0.05, 0.1) is 17.9 Å². The normalized spacial score (nSPS) is 13.6. The maximum atomic E-state index is 12.1. The van der Waals surface area contributed by atoms with Crippen LogP contribution in [0.1, 0.15) is 5.69 Å². The maximum Gasteiger partial charge on any atom is 0.331 e. The average Bonchev–Trinajstić information content (AvgIpc) is 2.83. The molecule has 0 unspecified atom stereocenters. The number of para-hydroxylation sites is 2. The van der Waals surface area contributed by atoms with Gasteiger partial charge in [0.2, 0.25) is 5.91 Å². The van der Waals surface area contributed by atoms with Crippen molar-refractivity contribution in [2.45, 2.75) is 6.92 Å². The number of ether oxygens (including phenoxy) is 1. The van der Waals surface area contributed by atoms with Crippen molar-refractivity contribution in [1.82, 2.24) is 4.98 Å². The Morgan fingerprint density at radius 3 is 3.05 bits per heavy atom. The van der Waals surface area contributed by atoms with Crippen LogP contribution >= 0.6 is 11.3 Å². The summed E-state index contributed by atoms with van der Waals surface area (Å²) >= 11 is 1.37. The molecular weight excluding hydrogens is 290 g/mol. The molecule has 6 nitrogen and oxygen atoms in total. The van der Waals surface area contributed by atoms with E-state index in [9.17, 15) is 9.59 Å². The Hall–Kier alpha value is -2.41. The molecule has 1 aliphatic rings. The zero-order chi connectivity index (χ0) is 14.8. The standard InChI is InChI=1S/C14H13N3O3S/c1-9-8-21-14(15-9)16-12(18)6-17-7-13(19)20-11-5-3-2-4-10(11)17/h2-5,8H,6-7H2,1H3,(H,15,16,18). The lowest BCUT2D eigenvalue weighted by molar-refractivity contribution is -0.133. The third-order valence-electron chi connectivity index (χ3n) is 2.95. The molecule has 0 saturated heterocycles. The number of anilines is 2. The van der Waals surface area contributed by atoms with Gasteiger partial charge >= 0.3 is 5.97 Å². The first kappa shape index (κ1) is 13.6. The predicted octanol–water partition coefficient (Wildman–Crippen LogP) is 1.82. The van der Waals surface area contributed by atoms with E-state index in [1.54, 1.807) is 17.0 Å². The van der Waals surface area contributed by atoms with Crippen molar-refractivity contribution in [1.29, 1.82) is 0 Å². The Balaban J connectivity index is 1.72. The van der Waals surface area contributed by atoms with Gasteiger partial charge in [-0.2, -0.15) is 0 Å². The highest BCUT2D eigenvalue weighted by atomic mass is 32.1. The van der Waals surface area contributed by atoms with E-state index in [1.807, 2.05) is 24.4 Å². The molecule has 7 heteroatoms. The monoisotopic (exact) mass is 303 g/mol. The van der Waals surface area contributed by atoms with E-state index in [4.69, 9.17) is 4.74 Å². The lowest BCUT2D eigenvalue weighted by Gasteiger charge is -2.28. The fourth-order valence-electron chi connectivity index (χ4n) is 2.09. The Kier molecular flexibility index (Phi) is 3.57. The van der Waals surface area contributed by atoms with Crippen LogP contribution in [0.3, 0.4) is 0 Å². The van der Waals surface area contributed by atoms with Crippen LogP contribution in [-0.2, 0) is 9.59 Å². The second kappa shape index (κ2) is 5.53. The minimum Gasteiger partial charge on any atom is -0.423 e. The molecule has 21 heavy (non-hydrogen) atoms. The van der Waals surface area contributed by atoms with Crippen molar-refractivity contribution in [3.8, 4) is 5.75 Å². The zero-order valence-corrected chi connectivity index (χ0v) is 12.1. The van der Waals surface area contributed by atoms with Crippen LogP contribution in [0.15, 0.2) is 29.6 Å². The number of carbonyl (C=O) groups is 2. The van der Waals surface area contributed by atoms with Gasteiger partial charge in [-0.05, 0) is 19.1 Å². The molecule has 1 amide bonds. The van der Waals surface area contributed by atoms with E-state index in [0.29, 0.717) is 10.9 Å². The summed E-state index contributed by atoms with van der Waals surface area (Å²) in [6.45, 7) is 2.00. The average molecular weight is 303 g/mol. The van der Waals surface area contributed by atoms with Crippen molar-refractivity contribution in [2.24, 2.45) is 0 Å². The lowest BCUT2D eigenvalue weighted by atomic mass is 10.2. The summed E-state index contributed by atoms with van der Waals surface area (Å²) in [5, 5.41) is 5.16. The third-order valence-corrected chi connectivity index (χ3v) is 3.83. The highest BCUT2D eigenvalue weighted by molar-refractivity contribution is 7.13. The van der Waals surface area contributed by atoms with Crippen LogP contribution < -0.4 is 15.0 Å². The smallest absolute Gasteiger partial charge is 0.331 e. The SMILES string of the molecule is Cc1csc(NC(=O)CN2CC(=O)Oc3ccccc32)n1. The van der Waals surface area contributed by atoms with Gasteiger partial charge in [-0.1, -0.05) is 12.1 Å². The van der Waals surface area contributed by atoms with E-state index in [0.717, 1.165) is 11.4 Å². The van der Waals surface area contributed by atoms with Gasteiger partial charge in [-0.3, -0.25) is 4.79 Å². The largest absolute Gasteiger partial charge is 0.423 e. The first-order valence-electron chi connectivity index (χ1n) is 6.38. The van der Waals surface area contributed by atoms with E-state index in [-0.39, 0.29) is 25.0 Å². The predicted molar refractivity (Wildman–Crippen MR) is 79.8 cm³/mol. The molecule has 0 bridgehead atoms.